The number of rotatable bonds is 6. The fourth-order valence-corrected chi connectivity index (χ4v) is 3.25. The van der Waals surface area contributed by atoms with Crippen molar-refractivity contribution < 1.29 is 19.1 Å². The second kappa shape index (κ2) is 11.2. The maximum absolute atomic E-state index is 12.3. The highest BCUT2D eigenvalue weighted by Crippen LogP contribution is 2.17. The van der Waals surface area contributed by atoms with E-state index in [0.717, 1.165) is 15.6 Å². The summed E-state index contributed by atoms with van der Waals surface area (Å²) in [5.41, 5.74) is 4.98. The van der Waals surface area contributed by atoms with Gasteiger partial charge in [-0.15, -0.1) is 0 Å². The Morgan fingerprint density at radius 1 is 0.938 bits per heavy atom. The van der Waals surface area contributed by atoms with Gasteiger partial charge in [-0.25, -0.2) is 10.2 Å². The Balaban J connectivity index is 1.50. The van der Waals surface area contributed by atoms with Crippen LogP contribution < -0.4 is 15.5 Å². The molecule has 0 aliphatic heterocycles. The lowest BCUT2D eigenvalue weighted by atomic mass is 10.1. The van der Waals surface area contributed by atoms with E-state index in [2.05, 4.69) is 38.4 Å². The van der Waals surface area contributed by atoms with Crippen molar-refractivity contribution in [3.8, 4) is 5.75 Å². The summed E-state index contributed by atoms with van der Waals surface area (Å²) >= 11 is 2.08. The molecule has 0 aromatic heterocycles. The Bertz CT molecular complexity index is 1140. The maximum Gasteiger partial charge on any atom is 0.344 e. The number of carbonyl (C=O) groups is 3. The average molecular weight is 541 g/mol. The van der Waals surface area contributed by atoms with Crippen molar-refractivity contribution in [2.45, 2.75) is 13.3 Å². The first-order chi connectivity index (χ1) is 15.5. The monoisotopic (exact) mass is 541 g/mol. The van der Waals surface area contributed by atoms with Crippen molar-refractivity contribution in [1.29, 1.82) is 0 Å². The van der Waals surface area contributed by atoms with Crippen LogP contribution in [-0.4, -0.2) is 24.0 Å². The molecular weight excluding hydrogens is 521 g/mol. The van der Waals surface area contributed by atoms with E-state index in [1.165, 1.54) is 6.21 Å². The molecule has 7 nitrogen and oxygen atoms in total. The minimum atomic E-state index is -0.885. The lowest BCUT2D eigenvalue weighted by Gasteiger charge is -2.06. The summed E-state index contributed by atoms with van der Waals surface area (Å²) in [7, 11) is 0. The molecule has 0 fully saturated rings. The number of halogens is 1. The van der Waals surface area contributed by atoms with E-state index in [-0.39, 0.29) is 0 Å². The van der Waals surface area contributed by atoms with Crippen LogP contribution in [0.5, 0.6) is 5.75 Å². The van der Waals surface area contributed by atoms with E-state index in [9.17, 15) is 14.4 Å². The van der Waals surface area contributed by atoms with Crippen LogP contribution in [0, 0.1) is 3.57 Å². The zero-order valence-corrected chi connectivity index (χ0v) is 19.3. The van der Waals surface area contributed by atoms with E-state index < -0.39 is 17.8 Å². The fraction of sp³-hybridized carbons (Fsp3) is 0.0833. The van der Waals surface area contributed by atoms with Gasteiger partial charge >= 0.3 is 17.8 Å². The molecule has 0 bridgehead atoms. The number of hydrazone groups is 1. The van der Waals surface area contributed by atoms with Crippen LogP contribution in [0.2, 0.25) is 0 Å². The van der Waals surface area contributed by atoms with Gasteiger partial charge in [0.15, 0.2) is 0 Å². The normalized spacial score (nSPS) is 10.6. The Morgan fingerprint density at radius 3 is 2.28 bits per heavy atom. The number of hydrogen-bond donors (Lipinski definition) is 2. The molecule has 0 saturated heterocycles. The third-order valence-electron chi connectivity index (χ3n) is 4.39. The number of aryl methyl sites for hydroxylation is 1. The number of carbonyl (C=O) groups excluding carboxylic acids is 3. The minimum absolute atomic E-state index is 0.379. The fourth-order valence-electron chi connectivity index (χ4n) is 2.64. The molecule has 3 aromatic carbocycles. The molecule has 0 heterocycles. The Labute approximate surface area is 199 Å². The van der Waals surface area contributed by atoms with Gasteiger partial charge in [0, 0.05) is 9.26 Å². The minimum Gasteiger partial charge on any atom is -0.423 e. The van der Waals surface area contributed by atoms with Crippen LogP contribution in [0.15, 0.2) is 77.9 Å². The number of esters is 1. The van der Waals surface area contributed by atoms with Crippen molar-refractivity contribution in [2.24, 2.45) is 5.10 Å². The molecule has 0 radical (unpaired) electrons. The summed E-state index contributed by atoms with van der Waals surface area (Å²) < 4.78 is 6.17. The third kappa shape index (κ3) is 6.48. The lowest BCUT2D eigenvalue weighted by Crippen LogP contribution is -2.32. The molecular formula is C24H20IN3O4. The molecule has 0 saturated carbocycles. The Kier molecular flexibility index (Phi) is 8.09. The predicted octanol–water partition coefficient (Wildman–Crippen LogP) is 4.16. The van der Waals surface area contributed by atoms with Crippen LogP contribution in [0.1, 0.15) is 28.4 Å². The summed E-state index contributed by atoms with van der Waals surface area (Å²) in [5, 5.41) is 6.30. The molecule has 0 atom stereocenters. The van der Waals surface area contributed by atoms with Crippen molar-refractivity contribution in [2.75, 3.05) is 5.32 Å². The standard InChI is InChI=1S/C24H20IN3O4/c1-2-16-7-11-18(12-8-16)27-22(29)23(30)28-26-15-17-9-13-19(14-10-17)32-24(31)20-5-3-4-6-21(20)25/h3-15H,2H2,1H3,(H,27,29)(H,28,30)/b26-15-. The second-order valence-corrected chi connectivity index (χ2v) is 7.80. The van der Waals surface area contributed by atoms with Gasteiger partial charge in [0.1, 0.15) is 5.75 Å². The van der Waals surface area contributed by atoms with Crippen LogP contribution in [0.4, 0.5) is 5.69 Å². The summed E-state index contributed by atoms with van der Waals surface area (Å²) in [6.45, 7) is 2.03. The van der Waals surface area contributed by atoms with Gasteiger partial charge < -0.3 is 10.1 Å². The van der Waals surface area contributed by atoms with Gasteiger partial charge in [-0.05, 0) is 88.7 Å². The van der Waals surface area contributed by atoms with Crippen LogP contribution in [0.25, 0.3) is 0 Å². The zero-order valence-electron chi connectivity index (χ0n) is 17.2. The van der Waals surface area contributed by atoms with Crippen molar-refractivity contribution in [3.63, 3.8) is 0 Å². The zero-order chi connectivity index (χ0) is 22.9. The summed E-state index contributed by atoms with van der Waals surface area (Å²) in [6, 6.07) is 21.0. The largest absolute Gasteiger partial charge is 0.423 e. The molecule has 0 spiro atoms. The van der Waals surface area contributed by atoms with E-state index in [4.69, 9.17) is 4.74 Å². The predicted molar refractivity (Wildman–Crippen MR) is 131 cm³/mol. The first kappa shape index (κ1) is 23.1. The number of nitrogens with one attached hydrogen (secondary N) is 2. The molecule has 162 valence electrons. The van der Waals surface area contributed by atoms with E-state index >= 15 is 0 Å². The highest BCUT2D eigenvalue weighted by atomic mass is 127. The topological polar surface area (TPSA) is 96.9 Å². The summed E-state index contributed by atoms with van der Waals surface area (Å²) in [4.78, 5) is 36.1. The number of amides is 2. The van der Waals surface area contributed by atoms with Gasteiger partial charge in [0.2, 0.25) is 0 Å². The van der Waals surface area contributed by atoms with Gasteiger partial charge in [0.25, 0.3) is 0 Å². The van der Waals surface area contributed by atoms with Crippen LogP contribution >= 0.6 is 22.6 Å². The molecule has 0 unspecified atom stereocenters. The number of anilines is 1. The number of nitrogens with zero attached hydrogens (tertiary/aromatic N) is 1. The van der Waals surface area contributed by atoms with Gasteiger partial charge in [-0.1, -0.05) is 31.2 Å². The smallest absolute Gasteiger partial charge is 0.344 e. The Morgan fingerprint density at radius 2 is 1.62 bits per heavy atom. The number of ether oxygens (including phenoxy) is 1. The van der Waals surface area contributed by atoms with Crippen molar-refractivity contribution in [3.05, 3.63) is 93.1 Å². The number of benzene rings is 3. The van der Waals surface area contributed by atoms with Gasteiger partial charge in [0.05, 0.1) is 11.8 Å². The molecule has 0 aliphatic rings. The van der Waals surface area contributed by atoms with Gasteiger partial charge in [-0.2, -0.15) is 5.10 Å². The Hall–Kier alpha value is -3.53. The lowest BCUT2D eigenvalue weighted by molar-refractivity contribution is -0.136. The van der Waals surface area contributed by atoms with E-state index in [0.29, 0.717) is 22.6 Å². The van der Waals surface area contributed by atoms with Crippen LogP contribution in [0.3, 0.4) is 0 Å². The molecule has 2 N–H and O–H groups in total. The second-order valence-electron chi connectivity index (χ2n) is 6.64. The van der Waals surface area contributed by atoms with Gasteiger partial charge in [-0.3, -0.25) is 9.59 Å². The molecule has 8 heteroatoms. The summed E-state index contributed by atoms with van der Waals surface area (Å²) in [6.07, 6.45) is 2.27. The quantitative estimate of drug-likeness (QED) is 0.122. The molecule has 3 aromatic rings. The van der Waals surface area contributed by atoms with Crippen LogP contribution in [-0.2, 0) is 16.0 Å². The SMILES string of the molecule is CCc1ccc(NC(=O)C(=O)N/N=C\c2ccc(OC(=O)c3ccccc3I)cc2)cc1. The highest BCUT2D eigenvalue weighted by molar-refractivity contribution is 14.1. The summed E-state index contributed by atoms with van der Waals surface area (Å²) in [5.74, 6) is -1.77. The van der Waals surface area contributed by atoms with E-state index in [1.54, 1.807) is 48.5 Å². The average Bonchev–Trinajstić information content (AvgIpc) is 2.80. The first-order valence-electron chi connectivity index (χ1n) is 9.76. The molecule has 0 aliphatic carbocycles. The van der Waals surface area contributed by atoms with Crippen molar-refractivity contribution in [1.82, 2.24) is 5.43 Å². The molecule has 3 rings (SSSR count). The highest BCUT2D eigenvalue weighted by Gasteiger charge is 2.13. The number of hydrogen-bond acceptors (Lipinski definition) is 5. The molecule has 32 heavy (non-hydrogen) atoms. The first-order valence-corrected chi connectivity index (χ1v) is 10.8. The maximum atomic E-state index is 12.3. The third-order valence-corrected chi connectivity index (χ3v) is 5.33. The van der Waals surface area contributed by atoms with E-state index in [1.807, 2.05) is 31.2 Å². The van der Waals surface area contributed by atoms with Crippen molar-refractivity contribution >= 4 is 52.3 Å². The molecule has 2 amide bonds.